The van der Waals surface area contributed by atoms with Crippen LogP contribution in [-0.2, 0) is 4.84 Å². The zero-order valence-corrected chi connectivity index (χ0v) is 7.12. The van der Waals surface area contributed by atoms with E-state index in [-0.39, 0.29) is 4.49 Å². The molecular weight excluding hydrogens is 173 g/mol. The standard InChI is InChI=1S/C6H9Cl2NO/c1-2-4-9-10-5-3-6(7)8/h2-4,9H,5H2,1H3. The second-order valence-corrected chi connectivity index (χ2v) is 2.43. The summed E-state index contributed by atoms with van der Waals surface area (Å²) >= 11 is 10.6. The van der Waals surface area contributed by atoms with Crippen LogP contribution in [0.5, 0.6) is 0 Å². The first-order valence-electron chi connectivity index (χ1n) is 2.77. The van der Waals surface area contributed by atoms with E-state index < -0.39 is 0 Å². The molecule has 2 nitrogen and oxygen atoms in total. The Kier molecular flexibility index (Phi) is 6.81. The SMILES string of the molecule is CC=CNOCC=C(Cl)Cl. The maximum atomic E-state index is 5.29. The van der Waals surface area contributed by atoms with Crippen LogP contribution < -0.4 is 5.48 Å². The number of nitrogens with one attached hydrogen (secondary N) is 1. The Morgan fingerprint density at radius 3 is 2.80 bits per heavy atom. The number of halogens is 2. The molecule has 0 saturated heterocycles. The molecule has 0 unspecified atom stereocenters. The van der Waals surface area contributed by atoms with Crippen molar-refractivity contribution < 1.29 is 4.84 Å². The Hall–Kier alpha value is -0.180. The zero-order chi connectivity index (χ0) is 7.82. The smallest absolute Gasteiger partial charge is 0.105 e. The third-order valence-corrected chi connectivity index (χ3v) is 0.948. The third-order valence-electron chi connectivity index (χ3n) is 0.639. The van der Waals surface area contributed by atoms with Crippen molar-refractivity contribution in [1.29, 1.82) is 0 Å². The molecule has 0 atom stereocenters. The van der Waals surface area contributed by atoms with Gasteiger partial charge in [0, 0.05) is 6.20 Å². The minimum absolute atomic E-state index is 0.210. The lowest BCUT2D eigenvalue weighted by Gasteiger charge is -1.95. The van der Waals surface area contributed by atoms with Crippen molar-refractivity contribution in [2.75, 3.05) is 6.61 Å². The molecule has 0 aliphatic carbocycles. The summed E-state index contributed by atoms with van der Waals surface area (Å²) in [5.74, 6) is 0. The first-order chi connectivity index (χ1) is 4.77. The first-order valence-corrected chi connectivity index (χ1v) is 3.52. The molecule has 1 N–H and O–H groups in total. The van der Waals surface area contributed by atoms with Crippen LogP contribution in [0.25, 0.3) is 0 Å². The number of hydrogen-bond acceptors (Lipinski definition) is 2. The van der Waals surface area contributed by atoms with E-state index >= 15 is 0 Å². The van der Waals surface area contributed by atoms with Gasteiger partial charge in [-0.1, -0.05) is 29.3 Å². The van der Waals surface area contributed by atoms with Crippen LogP contribution in [0.2, 0.25) is 0 Å². The molecule has 0 aromatic heterocycles. The van der Waals surface area contributed by atoms with E-state index in [4.69, 9.17) is 28.0 Å². The molecule has 0 radical (unpaired) electrons. The number of hydroxylamine groups is 1. The number of hydrogen-bond donors (Lipinski definition) is 1. The predicted molar refractivity (Wildman–Crippen MR) is 43.7 cm³/mol. The van der Waals surface area contributed by atoms with E-state index in [9.17, 15) is 0 Å². The molecule has 0 bridgehead atoms. The van der Waals surface area contributed by atoms with Crippen molar-refractivity contribution in [2.24, 2.45) is 0 Å². The monoisotopic (exact) mass is 181 g/mol. The quantitative estimate of drug-likeness (QED) is 0.532. The van der Waals surface area contributed by atoms with Crippen LogP contribution in [0.15, 0.2) is 22.8 Å². The first kappa shape index (κ1) is 9.82. The van der Waals surface area contributed by atoms with Crippen LogP contribution in [0, 0.1) is 0 Å². The van der Waals surface area contributed by atoms with E-state index in [1.807, 2.05) is 13.0 Å². The molecule has 58 valence electrons. The number of allylic oxidation sites excluding steroid dienone is 1. The van der Waals surface area contributed by atoms with Gasteiger partial charge in [0.1, 0.15) is 4.49 Å². The Morgan fingerprint density at radius 2 is 2.30 bits per heavy atom. The highest BCUT2D eigenvalue weighted by molar-refractivity contribution is 6.55. The van der Waals surface area contributed by atoms with Gasteiger partial charge in [-0.2, -0.15) is 0 Å². The fourth-order valence-electron chi connectivity index (χ4n) is 0.269. The largest absolute Gasteiger partial charge is 0.274 e. The zero-order valence-electron chi connectivity index (χ0n) is 5.60. The summed E-state index contributed by atoms with van der Waals surface area (Å²) in [4.78, 5) is 4.80. The minimum Gasteiger partial charge on any atom is -0.274 e. The lowest BCUT2D eigenvalue weighted by molar-refractivity contribution is 0.0954. The second-order valence-electron chi connectivity index (χ2n) is 1.42. The molecular formula is C6H9Cl2NO. The summed E-state index contributed by atoms with van der Waals surface area (Å²) in [5, 5.41) is 0. The Labute approximate surface area is 70.4 Å². The Bertz CT molecular complexity index is 130. The van der Waals surface area contributed by atoms with Crippen molar-refractivity contribution in [2.45, 2.75) is 6.92 Å². The van der Waals surface area contributed by atoms with E-state index in [0.29, 0.717) is 6.61 Å². The van der Waals surface area contributed by atoms with Gasteiger partial charge in [-0.25, -0.2) is 0 Å². The van der Waals surface area contributed by atoms with Gasteiger partial charge in [-0.05, 0) is 13.0 Å². The average Bonchev–Trinajstić information content (AvgIpc) is 1.87. The van der Waals surface area contributed by atoms with Crippen LogP contribution in [0.4, 0.5) is 0 Å². The Balaban J connectivity index is 3.13. The summed E-state index contributed by atoms with van der Waals surface area (Å²) < 4.78 is 0.210. The summed E-state index contributed by atoms with van der Waals surface area (Å²) in [5.41, 5.74) is 2.55. The van der Waals surface area contributed by atoms with Gasteiger partial charge in [-0.15, -0.1) is 0 Å². The van der Waals surface area contributed by atoms with Gasteiger partial charge in [0.2, 0.25) is 0 Å². The molecule has 0 heterocycles. The molecule has 0 rings (SSSR count). The normalized spacial score (nSPS) is 9.90. The average molecular weight is 182 g/mol. The molecule has 0 aromatic carbocycles. The van der Waals surface area contributed by atoms with Crippen molar-refractivity contribution in [3.8, 4) is 0 Å². The summed E-state index contributed by atoms with van der Waals surface area (Å²) in [7, 11) is 0. The molecule has 10 heavy (non-hydrogen) atoms. The molecule has 0 saturated carbocycles. The highest BCUT2D eigenvalue weighted by Crippen LogP contribution is 2.04. The second kappa shape index (κ2) is 6.93. The van der Waals surface area contributed by atoms with Gasteiger partial charge < -0.3 is 0 Å². The maximum absolute atomic E-state index is 5.29. The highest BCUT2D eigenvalue weighted by Gasteiger charge is 1.81. The van der Waals surface area contributed by atoms with E-state index in [2.05, 4.69) is 5.48 Å². The van der Waals surface area contributed by atoms with E-state index in [0.717, 1.165) is 0 Å². The highest BCUT2D eigenvalue weighted by atomic mass is 35.5. The number of rotatable bonds is 4. The summed E-state index contributed by atoms with van der Waals surface area (Å²) in [6, 6.07) is 0. The summed E-state index contributed by atoms with van der Waals surface area (Å²) in [6.07, 6.45) is 5.02. The Morgan fingerprint density at radius 1 is 1.60 bits per heavy atom. The van der Waals surface area contributed by atoms with E-state index in [1.54, 1.807) is 12.3 Å². The van der Waals surface area contributed by atoms with Crippen molar-refractivity contribution >= 4 is 23.2 Å². The van der Waals surface area contributed by atoms with E-state index in [1.165, 1.54) is 0 Å². The van der Waals surface area contributed by atoms with Gasteiger partial charge in [-0.3, -0.25) is 10.3 Å². The van der Waals surface area contributed by atoms with Crippen molar-refractivity contribution in [3.63, 3.8) is 0 Å². The molecule has 0 aliphatic heterocycles. The van der Waals surface area contributed by atoms with Crippen LogP contribution in [0.3, 0.4) is 0 Å². The van der Waals surface area contributed by atoms with Gasteiger partial charge >= 0.3 is 0 Å². The van der Waals surface area contributed by atoms with Gasteiger partial charge in [0.15, 0.2) is 0 Å². The van der Waals surface area contributed by atoms with Crippen LogP contribution in [-0.4, -0.2) is 6.61 Å². The summed E-state index contributed by atoms with van der Waals surface area (Å²) in [6.45, 7) is 2.23. The molecule has 0 fully saturated rings. The van der Waals surface area contributed by atoms with Crippen molar-refractivity contribution in [3.05, 3.63) is 22.8 Å². The molecule has 0 aliphatic rings. The molecule has 0 amide bonds. The molecule has 0 aromatic rings. The topological polar surface area (TPSA) is 21.3 Å². The third kappa shape index (κ3) is 7.82. The maximum Gasteiger partial charge on any atom is 0.105 e. The molecule has 4 heteroatoms. The fourth-order valence-corrected chi connectivity index (χ4v) is 0.395. The van der Waals surface area contributed by atoms with Crippen LogP contribution in [0.1, 0.15) is 6.92 Å². The van der Waals surface area contributed by atoms with Crippen molar-refractivity contribution in [1.82, 2.24) is 5.48 Å². The molecule has 0 spiro atoms. The fraction of sp³-hybridized carbons (Fsp3) is 0.333. The predicted octanol–water partition coefficient (Wildman–Crippen LogP) is 2.36. The van der Waals surface area contributed by atoms with Gasteiger partial charge in [0.05, 0.1) is 6.61 Å². The lowest BCUT2D eigenvalue weighted by atomic mass is 10.7. The lowest BCUT2D eigenvalue weighted by Crippen LogP contribution is -2.05. The van der Waals surface area contributed by atoms with Gasteiger partial charge in [0.25, 0.3) is 0 Å². The van der Waals surface area contributed by atoms with Crippen LogP contribution >= 0.6 is 23.2 Å². The minimum atomic E-state index is 0.210.